The van der Waals surface area contributed by atoms with Crippen LogP contribution in [-0.2, 0) is 0 Å². The first-order valence-corrected chi connectivity index (χ1v) is 3.19. The zero-order chi connectivity index (χ0) is 8.27. The molecule has 4 heteroatoms. The average molecular weight is 151 g/mol. The zero-order valence-corrected chi connectivity index (χ0v) is 6.48. The summed E-state index contributed by atoms with van der Waals surface area (Å²) < 4.78 is 0. The van der Waals surface area contributed by atoms with Gasteiger partial charge in [-0.25, -0.2) is 9.97 Å². The van der Waals surface area contributed by atoms with Gasteiger partial charge in [0.05, 0.1) is 0 Å². The van der Waals surface area contributed by atoms with Gasteiger partial charge in [0.25, 0.3) is 0 Å². The van der Waals surface area contributed by atoms with Gasteiger partial charge in [-0.3, -0.25) is 4.79 Å². The first-order valence-electron chi connectivity index (χ1n) is 3.19. The standard InChI is InChI=1S/C7H9N3O/c1-10(2)7-3-4-8-6(5-11)9-7/h3-5H,1-2H3. The molecule has 0 aromatic carbocycles. The molecule has 0 aliphatic heterocycles. The first-order chi connectivity index (χ1) is 5.24. The molecule has 0 radical (unpaired) electrons. The van der Waals surface area contributed by atoms with Crippen molar-refractivity contribution in [2.45, 2.75) is 0 Å². The summed E-state index contributed by atoms with van der Waals surface area (Å²) in [6.07, 6.45) is 2.19. The Labute approximate surface area is 64.9 Å². The van der Waals surface area contributed by atoms with Gasteiger partial charge in [-0.05, 0) is 6.07 Å². The number of nitrogens with zero attached hydrogens (tertiary/aromatic N) is 3. The van der Waals surface area contributed by atoms with Crippen molar-refractivity contribution in [1.29, 1.82) is 0 Å². The van der Waals surface area contributed by atoms with E-state index < -0.39 is 0 Å². The van der Waals surface area contributed by atoms with Gasteiger partial charge in [-0.15, -0.1) is 0 Å². The monoisotopic (exact) mass is 151 g/mol. The molecular formula is C7H9N3O. The van der Waals surface area contributed by atoms with Gasteiger partial charge in [0.1, 0.15) is 5.82 Å². The first kappa shape index (κ1) is 7.65. The Hall–Kier alpha value is -1.45. The van der Waals surface area contributed by atoms with Crippen LogP contribution in [0.3, 0.4) is 0 Å². The third-order valence-electron chi connectivity index (χ3n) is 1.22. The Morgan fingerprint density at radius 2 is 2.27 bits per heavy atom. The number of hydrogen-bond donors (Lipinski definition) is 0. The highest BCUT2D eigenvalue weighted by molar-refractivity contribution is 5.69. The van der Waals surface area contributed by atoms with Crippen LogP contribution in [-0.4, -0.2) is 30.3 Å². The summed E-state index contributed by atoms with van der Waals surface area (Å²) >= 11 is 0. The van der Waals surface area contributed by atoms with E-state index in [1.807, 2.05) is 19.0 Å². The molecule has 1 rings (SSSR count). The third kappa shape index (κ3) is 1.73. The van der Waals surface area contributed by atoms with Crippen molar-refractivity contribution in [1.82, 2.24) is 9.97 Å². The van der Waals surface area contributed by atoms with Crippen molar-refractivity contribution < 1.29 is 4.79 Å². The van der Waals surface area contributed by atoms with Crippen LogP contribution in [0.4, 0.5) is 5.82 Å². The molecule has 0 bridgehead atoms. The minimum Gasteiger partial charge on any atom is -0.363 e. The van der Waals surface area contributed by atoms with Gasteiger partial charge in [-0.2, -0.15) is 0 Å². The highest BCUT2D eigenvalue weighted by Gasteiger charge is 1.97. The molecule has 0 amide bonds. The normalized spacial score (nSPS) is 9.27. The molecule has 0 unspecified atom stereocenters. The van der Waals surface area contributed by atoms with E-state index in [0.29, 0.717) is 6.29 Å². The van der Waals surface area contributed by atoms with Gasteiger partial charge in [0.2, 0.25) is 0 Å². The van der Waals surface area contributed by atoms with Crippen molar-refractivity contribution in [2.75, 3.05) is 19.0 Å². The van der Waals surface area contributed by atoms with E-state index in [1.165, 1.54) is 0 Å². The van der Waals surface area contributed by atoms with Gasteiger partial charge in [0.15, 0.2) is 12.1 Å². The molecule has 0 N–H and O–H groups in total. The lowest BCUT2D eigenvalue weighted by molar-refractivity contribution is 0.111. The smallest absolute Gasteiger partial charge is 0.194 e. The molecule has 0 atom stereocenters. The van der Waals surface area contributed by atoms with Crippen LogP contribution >= 0.6 is 0 Å². The molecule has 58 valence electrons. The molecule has 0 aliphatic carbocycles. The van der Waals surface area contributed by atoms with Crippen molar-refractivity contribution in [3.8, 4) is 0 Å². The van der Waals surface area contributed by atoms with Crippen LogP contribution in [0.15, 0.2) is 12.3 Å². The minimum atomic E-state index is 0.219. The van der Waals surface area contributed by atoms with E-state index >= 15 is 0 Å². The number of hydrogen-bond acceptors (Lipinski definition) is 4. The van der Waals surface area contributed by atoms with Crippen LogP contribution in [0.25, 0.3) is 0 Å². The Morgan fingerprint density at radius 3 is 2.82 bits per heavy atom. The zero-order valence-electron chi connectivity index (χ0n) is 6.48. The number of anilines is 1. The van der Waals surface area contributed by atoms with Gasteiger partial charge in [-0.1, -0.05) is 0 Å². The van der Waals surface area contributed by atoms with Gasteiger partial charge >= 0.3 is 0 Å². The van der Waals surface area contributed by atoms with E-state index in [0.717, 1.165) is 5.82 Å². The van der Waals surface area contributed by atoms with Crippen LogP contribution in [0.1, 0.15) is 10.6 Å². The van der Waals surface area contributed by atoms with E-state index in [-0.39, 0.29) is 5.82 Å². The average Bonchev–Trinajstić information content (AvgIpc) is 2.05. The summed E-state index contributed by atoms with van der Waals surface area (Å²) in [4.78, 5) is 19.7. The third-order valence-corrected chi connectivity index (χ3v) is 1.22. The van der Waals surface area contributed by atoms with E-state index in [1.54, 1.807) is 12.3 Å². The number of aromatic nitrogens is 2. The summed E-state index contributed by atoms with van der Waals surface area (Å²) in [6.45, 7) is 0. The molecule has 1 heterocycles. The van der Waals surface area contributed by atoms with Gasteiger partial charge < -0.3 is 4.90 Å². The lowest BCUT2D eigenvalue weighted by Crippen LogP contribution is -2.11. The molecule has 0 saturated carbocycles. The molecule has 11 heavy (non-hydrogen) atoms. The Balaban J connectivity index is 3.00. The fourth-order valence-corrected chi connectivity index (χ4v) is 0.670. The molecule has 0 saturated heterocycles. The highest BCUT2D eigenvalue weighted by atomic mass is 16.1. The lowest BCUT2D eigenvalue weighted by atomic mass is 10.5. The Bertz CT molecular complexity index is 260. The van der Waals surface area contributed by atoms with Crippen molar-refractivity contribution in [3.63, 3.8) is 0 Å². The Kier molecular flexibility index (Phi) is 2.15. The largest absolute Gasteiger partial charge is 0.363 e. The van der Waals surface area contributed by atoms with E-state index in [9.17, 15) is 4.79 Å². The van der Waals surface area contributed by atoms with Crippen molar-refractivity contribution in [2.24, 2.45) is 0 Å². The fourth-order valence-electron chi connectivity index (χ4n) is 0.670. The molecule has 0 fully saturated rings. The van der Waals surface area contributed by atoms with E-state index in [2.05, 4.69) is 9.97 Å². The van der Waals surface area contributed by atoms with Crippen LogP contribution < -0.4 is 4.90 Å². The minimum absolute atomic E-state index is 0.219. The van der Waals surface area contributed by atoms with Crippen LogP contribution in [0, 0.1) is 0 Å². The second-order valence-corrected chi connectivity index (χ2v) is 2.29. The summed E-state index contributed by atoms with van der Waals surface area (Å²) in [5, 5.41) is 0. The topological polar surface area (TPSA) is 46.1 Å². The number of rotatable bonds is 2. The Morgan fingerprint density at radius 1 is 1.55 bits per heavy atom. The summed E-state index contributed by atoms with van der Waals surface area (Å²) in [6, 6.07) is 1.74. The maximum absolute atomic E-state index is 10.2. The SMILES string of the molecule is CN(C)c1ccnc(C=O)n1. The van der Waals surface area contributed by atoms with E-state index in [4.69, 9.17) is 0 Å². The summed E-state index contributed by atoms with van der Waals surface area (Å²) in [7, 11) is 3.72. The maximum atomic E-state index is 10.2. The van der Waals surface area contributed by atoms with Crippen LogP contribution in [0.2, 0.25) is 0 Å². The van der Waals surface area contributed by atoms with Crippen LogP contribution in [0.5, 0.6) is 0 Å². The highest BCUT2D eigenvalue weighted by Crippen LogP contribution is 2.03. The van der Waals surface area contributed by atoms with Gasteiger partial charge in [0, 0.05) is 20.3 Å². The second kappa shape index (κ2) is 3.09. The molecule has 1 aromatic heterocycles. The number of carbonyl (C=O) groups is 1. The molecule has 4 nitrogen and oxygen atoms in total. The predicted molar refractivity (Wildman–Crippen MR) is 41.7 cm³/mol. The number of carbonyl (C=O) groups excluding carboxylic acids is 1. The van der Waals surface area contributed by atoms with Crippen molar-refractivity contribution >= 4 is 12.1 Å². The molecule has 1 aromatic rings. The molecule has 0 spiro atoms. The predicted octanol–water partition coefficient (Wildman–Crippen LogP) is 0.355. The summed E-state index contributed by atoms with van der Waals surface area (Å²) in [5.41, 5.74) is 0. The molecule has 0 aliphatic rings. The number of aldehydes is 1. The second-order valence-electron chi connectivity index (χ2n) is 2.29. The quantitative estimate of drug-likeness (QED) is 0.572. The van der Waals surface area contributed by atoms with Crippen molar-refractivity contribution in [3.05, 3.63) is 18.1 Å². The maximum Gasteiger partial charge on any atom is 0.194 e. The molecular weight excluding hydrogens is 142 g/mol. The fraction of sp³-hybridized carbons (Fsp3) is 0.286. The lowest BCUT2D eigenvalue weighted by Gasteiger charge is -2.09. The summed E-state index contributed by atoms with van der Waals surface area (Å²) in [5.74, 6) is 0.957.